The van der Waals surface area contributed by atoms with Gasteiger partial charge in [-0.25, -0.2) is 0 Å². The van der Waals surface area contributed by atoms with E-state index in [4.69, 9.17) is 13.3 Å². The minimum absolute atomic E-state index is 0.915. The Morgan fingerprint density at radius 2 is 1.38 bits per heavy atom. The maximum absolute atomic E-state index is 5.36. The van der Waals surface area contributed by atoms with Crippen LogP contribution in [0.3, 0.4) is 0 Å². The molecule has 0 rings (SSSR count). The van der Waals surface area contributed by atoms with E-state index < -0.39 is 8.80 Å². The first-order valence-electron chi connectivity index (χ1n) is 6.01. The van der Waals surface area contributed by atoms with Gasteiger partial charge in [0, 0.05) is 27.4 Å². The average molecular weight is 246 g/mol. The molecule has 0 unspecified atom stereocenters. The maximum Gasteiger partial charge on any atom is 0.500 e. The fraction of sp³-hybridized carbons (Fsp3) is 0.833. The average Bonchev–Trinajstić information content (AvgIpc) is 2.34. The Kier molecular flexibility index (Phi) is 9.92. The van der Waals surface area contributed by atoms with Gasteiger partial charge in [0.2, 0.25) is 0 Å². The predicted molar refractivity (Wildman–Crippen MR) is 69.5 cm³/mol. The summed E-state index contributed by atoms with van der Waals surface area (Å²) in [4.78, 5) is 0. The zero-order valence-corrected chi connectivity index (χ0v) is 12.0. The summed E-state index contributed by atoms with van der Waals surface area (Å²) < 4.78 is 16.1. The molecule has 3 nitrogen and oxygen atoms in total. The van der Waals surface area contributed by atoms with E-state index in [1.807, 2.05) is 6.08 Å². The Bertz CT molecular complexity index is 161. The van der Waals surface area contributed by atoms with Crippen LogP contribution < -0.4 is 0 Å². The summed E-state index contributed by atoms with van der Waals surface area (Å²) >= 11 is 0. The highest BCUT2D eigenvalue weighted by Crippen LogP contribution is 2.18. The molecule has 0 heterocycles. The third-order valence-corrected chi connectivity index (χ3v) is 5.66. The highest BCUT2D eigenvalue weighted by molar-refractivity contribution is 6.60. The highest BCUT2D eigenvalue weighted by Gasteiger charge is 2.36. The van der Waals surface area contributed by atoms with Crippen molar-refractivity contribution >= 4 is 8.80 Å². The fourth-order valence-corrected chi connectivity index (χ4v) is 3.51. The van der Waals surface area contributed by atoms with Crippen molar-refractivity contribution in [3.63, 3.8) is 0 Å². The molecule has 0 aromatic carbocycles. The Balaban J connectivity index is 3.51. The lowest BCUT2D eigenvalue weighted by Crippen LogP contribution is -2.42. The van der Waals surface area contributed by atoms with Crippen molar-refractivity contribution in [2.45, 2.75) is 44.6 Å². The Morgan fingerprint density at radius 3 is 1.88 bits per heavy atom. The van der Waals surface area contributed by atoms with Gasteiger partial charge >= 0.3 is 8.80 Å². The van der Waals surface area contributed by atoms with E-state index in [1.165, 1.54) is 25.7 Å². The van der Waals surface area contributed by atoms with Crippen LogP contribution >= 0.6 is 0 Å². The summed E-state index contributed by atoms with van der Waals surface area (Å²) in [7, 11) is 2.70. The quantitative estimate of drug-likeness (QED) is 0.318. The van der Waals surface area contributed by atoms with Gasteiger partial charge in [-0.3, -0.25) is 0 Å². The van der Waals surface area contributed by atoms with E-state index >= 15 is 0 Å². The van der Waals surface area contributed by atoms with E-state index in [2.05, 4.69) is 6.58 Å². The molecule has 0 bridgehead atoms. The molecule has 0 saturated carbocycles. The van der Waals surface area contributed by atoms with Crippen LogP contribution in [0.25, 0.3) is 0 Å². The molecule has 4 heteroatoms. The number of hydrogen-bond acceptors (Lipinski definition) is 3. The topological polar surface area (TPSA) is 27.7 Å². The van der Waals surface area contributed by atoms with Crippen LogP contribution in [0.15, 0.2) is 12.7 Å². The first-order valence-corrected chi connectivity index (χ1v) is 7.94. The van der Waals surface area contributed by atoms with E-state index in [-0.39, 0.29) is 0 Å². The van der Waals surface area contributed by atoms with Crippen molar-refractivity contribution in [1.29, 1.82) is 0 Å². The van der Waals surface area contributed by atoms with Crippen molar-refractivity contribution in [1.82, 2.24) is 0 Å². The van der Waals surface area contributed by atoms with Crippen LogP contribution in [-0.2, 0) is 13.3 Å². The first-order chi connectivity index (χ1) is 7.74. The standard InChI is InChI=1S/C12H26O3Si/c1-5-6-7-8-9-10-11-12-16(13-2,14-3)15-4/h5H,1,6-12H2,2-4H3. The molecule has 0 fully saturated rings. The molecule has 0 N–H and O–H groups in total. The van der Waals surface area contributed by atoms with Gasteiger partial charge in [-0.1, -0.05) is 25.3 Å². The molecule has 0 aromatic rings. The summed E-state index contributed by atoms with van der Waals surface area (Å²) in [5.41, 5.74) is 0. The molecule has 0 aromatic heterocycles. The van der Waals surface area contributed by atoms with Crippen LogP contribution in [0.1, 0.15) is 38.5 Å². The summed E-state index contributed by atoms with van der Waals surface area (Å²) in [6.45, 7) is 3.72. The van der Waals surface area contributed by atoms with E-state index in [9.17, 15) is 0 Å². The molecule has 0 atom stereocenters. The number of unbranched alkanes of at least 4 members (excludes halogenated alkanes) is 5. The minimum Gasteiger partial charge on any atom is -0.377 e. The number of allylic oxidation sites excluding steroid dienone is 1. The summed E-state index contributed by atoms with van der Waals surface area (Å²) in [6.07, 6.45) is 9.28. The lowest BCUT2D eigenvalue weighted by molar-refractivity contribution is 0.122. The molecular weight excluding hydrogens is 220 g/mol. The third-order valence-electron chi connectivity index (χ3n) is 2.82. The van der Waals surface area contributed by atoms with Crippen molar-refractivity contribution in [3.05, 3.63) is 12.7 Å². The van der Waals surface area contributed by atoms with E-state index in [0.717, 1.165) is 18.9 Å². The minimum atomic E-state index is -2.31. The van der Waals surface area contributed by atoms with Crippen LogP contribution in [0.2, 0.25) is 6.04 Å². The van der Waals surface area contributed by atoms with Crippen molar-refractivity contribution in [3.8, 4) is 0 Å². The van der Waals surface area contributed by atoms with Gasteiger partial charge < -0.3 is 13.3 Å². The summed E-state index contributed by atoms with van der Waals surface area (Å²) in [5.74, 6) is 0. The monoisotopic (exact) mass is 246 g/mol. The van der Waals surface area contributed by atoms with E-state index in [1.54, 1.807) is 21.3 Å². The van der Waals surface area contributed by atoms with Gasteiger partial charge in [-0.15, -0.1) is 6.58 Å². The Hall–Kier alpha value is -0.163. The van der Waals surface area contributed by atoms with Crippen LogP contribution in [-0.4, -0.2) is 30.1 Å². The van der Waals surface area contributed by atoms with E-state index in [0.29, 0.717) is 0 Å². The highest BCUT2D eigenvalue weighted by atomic mass is 28.4. The zero-order valence-electron chi connectivity index (χ0n) is 11.0. The van der Waals surface area contributed by atoms with Gasteiger partial charge in [0.1, 0.15) is 0 Å². The van der Waals surface area contributed by atoms with Crippen LogP contribution in [0.4, 0.5) is 0 Å². The molecule has 96 valence electrons. The molecule has 0 spiro atoms. The summed E-state index contributed by atoms with van der Waals surface area (Å²) in [5, 5.41) is 0. The Morgan fingerprint density at radius 1 is 0.875 bits per heavy atom. The normalized spacial score (nSPS) is 11.7. The molecule has 0 aliphatic carbocycles. The van der Waals surface area contributed by atoms with Crippen molar-refractivity contribution < 1.29 is 13.3 Å². The van der Waals surface area contributed by atoms with Crippen molar-refractivity contribution in [2.24, 2.45) is 0 Å². The fourth-order valence-electron chi connectivity index (χ4n) is 1.72. The number of rotatable bonds is 11. The lowest BCUT2D eigenvalue weighted by Gasteiger charge is -2.24. The molecule has 0 radical (unpaired) electrons. The SMILES string of the molecule is C=CCCCCCCC[Si](OC)(OC)OC. The maximum atomic E-state index is 5.36. The predicted octanol–water partition coefficient (Wildman–Crippen LogP) is 3.39. The molecule has 0 saturated heterocycles. The third kappa shape index (κ3) is 6.43. The van der Waals surface area contributed by atoms with Crippen LogP contribution in [0.5, 0.6) is 0 Å². The number of hydrogen-bond donors (Lipinski definition) is 0. The lowest BCUT2D eigenvalue weighted by atomic mass is 10.1. The molecule has 16 heavy (non-hydrogen) atoms. The van der Waals surface area contributed by atoms with Crippen molar-refractivity contribution in [2.75, 3.05) is 21.3 Å². The molecule has 0 aliphatic rings. The smallest absolute Gasteiger partial charge is 0.377 e. The molecule has 0 aliphatic heterocycles. The van der Waals surface area contributed by atoms with Gasteiger partial charge in [0.05, 0.1) is 0 Å². The van der Waals surface area contributed by atoms with Gasteiger partial charge in [-0.05, 0) is 19.3 Å². The summed E-state index contributed by atoms with van der Waals surface area (Å²) in [6, 6.07) is 0.915. The second-order valence-electron chi connectivity index (χ2n) is 3.89. The first kappa shape index (κ1) is 15.8. The second kappa shape index (κ2) is 10.0. The second-order valence-corrected chi connectivity index (χ2v) is 6.98. The Labute approximate surface area is 101 Å². The van der Waals surface area contributed by atoms with Crippen LogP contribution in [0, 0.1) is 0 Å². The zero-order chi connectivity index (χ0) is 12.3. The largest absolute Gasteiger partial charge is 0.500 e. The molecule has 0 amide bonds. The van der Waals surface area contributed by atoms with Gasteiger partial charge in [0.15, 0.2) is 0 Å². The van der Waals surface area contributed by atoms with Gasteiger partial charge in [-0.2, -0.15) is 0 Å². The van der Waals surface area contributed by atoms with Gasteiger partial charge in [0.25, 0.3) is 0 Å². The molecular formula is C12H26O3Si.